The Morgan fingerprint density at radius 1 is 1.36 bits per heavy atom. The Hall–Kier alpha value is -0.570. The van der Waals surface area contributed by atoms with Gasteiger partial charge in [-0.15, -0.1) is 0 Å². The van der Waals surface area contributed by atoms with E-state index in [0.29, 0.717) is 18.3 Å². The van der Waals surface area contributed by atoms with Crippen LogP contribution < -0.4 is 5.32 Å². The van der Waals surface area contributed by atoms with Gasteiger partial charge in [0.05, 0.1) is 0 Å². The summed E-state index contributed by atoms with van der Waals surface area (Å²) in [5.74, 6) is 1.30. The molecule has 0 saturated carbocycles. The van der Waals surface area contributed by atoms with Crippen molar-refractivity contribution in [2.45, 2.75) is 27.2 Å². The Kier molecular flexibility index (Phi) is 6.54. The molecule has 0 spiro atoms. The maximum absolute atomic E-state index is 11.7. The first-order valence-corrected chi connectivity index (χ1v) is 5.37. The molecule has 0 aromatic carbocycles. The van der Waals surface area contributed by atoms with E-state index in [2.05, 4.69) is 26.1 Å². The van der Waals surface area contributed by atoms with Gasteiger partial charge in [0.15, 0.2) is 0 Å². The van der Waals surface area contributed by atoms with E-state index in [1.807, 2.05) is 14.1 Å². The molecule has 1 atom stereocenters. The first-order chi connectivity index (χ1) is 6.49. The molecule has 0 aliphatic heterocycles. The van der Waals surface area contributed by atoms with Crippen LogP contribution in [0.1, 0.15) is 27.2 Å². The highest BCUT2D eigenvalue weighted by Gasteiger charge is 2.15. The highest BCUT2D eigenvalue weighted by Crippen LogP contribution is 2.14. The predicted molar refractivity (Wildman–Crippen MR) is 60.2 cm³/mol. The molecule has 14 heavy (non-hydrogen) atoms. The summed E-state index contributed by atoms with van der Waals surface area (Å²) in [6.45, 7) is 8.10. The fourth-order valence-corrected chi connectivity index (χ4v) is 1.07. The van der Waals surface area contributed by atoms with E-state index >= 15 is 0 Å². The van der Waals surface area contributed by atoms with Gasteiger partial charge in [-0.1, -0.05) is 20.8 Å². The molecule has 0 rings (SSSR count). The summed E-state index contributed by atoms with van der Waals surface area (Å²) in [5, 5.41) is 3.04. The van der Waals surface area contributed by atoms with Crippen LogP contribution in [0.15, 0.2) is 0 Å². The lowest BCUT2D eigenvalue weighted by Crippen LogP contribution is -2.34. The second-order valence-electron chi connectivity index (χ2n) is 4.34. The summed E-state index contributed by atoms with van der Waals surface area (Å²) in [7, 11) is 3.77. The number of hydrogen-bond acceptors (Lipinski definition) is 2. The lowest BCUT2D eigenvalue weighted by atomic mass is 9.94. The number of hydrogen-bond donors (Lipinski definition) is 1. The molecule has 0 saturated heterocycles. The molecule has 0 radical (unpaired) electrons. The first-order valence-electron chi connectivity index (χ1n) is 5.37. The molecular weight excluding hydrogens is 176 g/mol. The van der Waals surface area contributed by atoms with E-state index in [0.717, 1.165) is 13.1 Å². The van der Waals surface area contributed by atoms with Crippen LogP contribution in [0.25, 0.3) is 0 Å². The van der Waals surface area contributed by atoms with Gasteiger partial charge >= 0.3 is 0 Å². The van der Waals surface area contributed by atoms with E-state index in [1.54, 1.807) is 4.90 Å². The van der Waals surface area contributed by atoms with Gasteiger partial charge in [-0.05, 0) is 18.9 Å². The molecule has 0 aromatic rings. The third kappa shape index (κ3) is 5.22. The standard InChI is InChI=1S/C11H24N2O/c1-9(2)10(3)8-11(14)13(5)7-6-12-4/h9-10,12H,6-8H2,1-5H3. The van der Waals surface area contributed by atoms with Crippen molar-refractivity contribution in [1.82, 2.24) is 10.2 Å². The molecule has 84 valence electrons. The molecule has 0 bridgehead atoms. The summed E-state index contributed by atoms with van der Waals surface area (Å²) in [6, 6.07) is 0. The van der Waals surface area contributed by atoms with Crippen LogP contribution in [0, 0.1) is 11.8 Å². The number of amides is 1. The number of likely N-dealkylation sites (N-methyl/N-ethyl adjacent to an activating group) is 2. The molecule has 0 aliphatic carbocycles. The van der Waals surface area contributed by atoms with Crippen LogP contribution in [0.2, 0.25) is 0 Å². The Morgan fingerprint density at radius 2 is 1.93 bits per heavy atom. The van der Waals surface area contributed by atoms with Crippen molar-refractivity contribution in [3.05, 3.63) is 0 Å². The third-order valence-electron chi connectivity index (χ3n) is 2.76. The molecule has 3 nitrogen and oxygen atoms in total. The smallest absolute Gasteiger partial charge is 0.222 e. The Bertz CT molecular complexity index is 169. The highest BCUT2D eigenvalue weighted by molar-refractivity contribution is 5.76. The van der Waals surface area contributed by atoms with Gasteiger partial charge in [0.1, 0.15) is 0 Å². The van der Waals surface area contributed by atoms with Gasteiger partial charge < -0.3 is 10.2 Å². The maximum Gasteiger partial charge on any atom is 0.222 e. The van der Waals surface area contributed by atoms with Gasteiger partial charge in [-0.2, -0.15) is 0 Å². The topological polar surface area (TPSA) is 32.3 Å². The molecule has 1 N–H and O–H groups in total. The van der Waals surface area contributed by atoms with Gasteiger partial charge in [0.25, 0.3) is 0 Å². The Morgan fingerprint density at radius 3 is 2.36 bits per heavy atom. The van der Waals surface area contributed by atoms with Crippen LogP contribution in [0.3, 0.4) is 0 Å². The summed E-state index contributed by atoms with van der Waals surface area (Å²) >= 11 is 0. The first kappa shape index (κ1) is 13.4. The molecule has 0 aliphatic rings. The average molecular weight is 200 g/mol. The monoisotopic (exact) mass is 200 g/mol. The number of rotatable bonds is 6. The van der Waals surface area contributed by atoms with Crippen molar-refractivity contribution in [1.29, 1.82) is 0 Å². The third-order valence-corrected chi connectivity index (χ3v) is 2.76. The molecule has 0 heterocycles. The van der Waals surface area contributed by atoms with Crippen molar-refractivity contribution in [2.75, 3.05) is 27.2 Å². The summed E-state index contributed by atoms with van der Waals surface area (Å²) in [4.78, 5) is 13.5. The Labute approximate surface area is 87.9 Å². The van der Waals surface area contributed by atoms with Crippen molar-refractivity contribution < 1.29 is 4.79 Å². The predicted octanol–water partition coefficient (Wildman–Crippen LogP) is 1.35. The fourth-order valence-electron chi connectivity index (χ4n) is 1.07. The highest BCUT2D eigenvalue weighted by atomic mass is 16.2. The normalized spacial score (nSPS) is 13.0. The zero-order valence-corrected chi connectivity index (χ0v) is 10.1. The van der Waals surface area contributed by atoms with E-state index in [4.69, 9.17) is 0 Å². The van der Waals surface area contributed by atoms with Crippen molar-refractivity contribution in [2.24, 2.45) is 11.8 Å². The minimum Gasteiger partial charge on any atom is -0.344 e. The number of carbonyl (C=O) groups excluding carboxylic acids is 1. The van der Waals surface area contributed by atoms with Crippen LogP contribution in [-0.2, 0) is 4.79 Å². The lowest BCUT2D eigenvalue weighted by molar-refractivity contribution is -0.131. The van der Waals surface area contributed by atoms with Crippen LogP contribution in [-0.4, -0.2) is 38.0 Å². The van der Waals surface area contributed by atoms with E-state index in [9.17, 15) is 4.79 Å². The minimum absolute atomic E-state index is 0.251. The molecule has 3 heteroatoms. The minimum atomic E-state index is 0.251. The van der Waals surface area contributed by atoms with Crippen molar-refractivity contribution in [3.8, 4) is 0 Å². The van der Waals surface area contributed by atoms with Gasteiger partial charge in [-0.25, -0.2) is 0 Å². The summed E-state index contributed by atoms with van der Waals surface area (Å²) < 4.78 is 0. The van der Waals surface area contributed by atoms with Crippen LogP contribution in [0.4, 0.5) is 0 Å². The largest absolute Gasteiger partial charge is 0.344 e. The molecule has 0 fully saturated rings. The van der Waals surface area contributed by atoms with E-state index in [-0.39, 0.29) is 5.91 Å². The maximum atomic E-state index is 11.7. The van der Waals surface area contributed by atoms with Crippen LogP contribution >= 0.6 is 0 Å². The van der Waals surface area contributed by atoms with Crippen LogP contribution in [0.5, 0.6) is 0 Å². The van der Waals surface area contributed by atoms with Gasteiger partial charge in [-0.3, -0.25) is 4.79 Å². The summed E-state index contributed by atoms with van der Waals surface area (Å²) in [6.07, 6.45) is 0.665. The second kappa shape index (κ2) is 6.82. The molecule has 1 unspecified atom stereocenters. The molecule has 0 aromatic heterocycles. The van der Waals surface area contributed by atoms with Gasteiger partial charge in [0, 0.05) is 26.6 Å². The van der Waals surface area contributed by atoms with Gasteiger partial charge in [0.2, 0.25) is 5.91 Å². The Balaban J connectivity index is 3.82. The fraction of sp³-hybridized carbons (Fsp3) is 0.909. The number of nitrogens with one attached hydrogen (secondary N) is 1. The number of nitrogens with zero attached hydrogens (tertiary/aromatic N) is 1. The zero-order valence-electron chi connectivity index (χ0n) is 10.1. The number of carbonyl (C=O) groups is 1. The van der Waals surface area contributed by atoms with Crippen molar-refractivity contribution in [3.63, 3.8) is 0 Å². The molecule has 1 amide bonds. The second-order valence-corrected chi connectivity index (χ2v) is 4.34. The van der Waals surface area contributed by atoms with E-state index < -0.39 is 0 Å². The summed E-state index contributed by atoms with van der Waals surface area (Å²) in [5.41, 5.74) is 0. The SMILES string of the molecule is CNCCN(C)C(=O)CC(C)C(C)C. The zero-order chi connectivity index (χ0) is 11.1. The average Bonchev–Trinajstić information content (AvgIpc) is 2.13. The molecular formula is C11H24N2O. The van der Waals surface area contributed by atoms with Crippen molar-refractivity contribution >= 4 is 5.91 Å². The van der Waals surface area contributed by atoms with E-state index in [1.165, 1.54) is 0 Å². The quantitative estimate of drug-likeness (QED) is 0.702. The lowest BCUT2D eigenvalue weighted by Gasteiger charge is -2.21.